The number of rotatable bonds is 11. The van der Waals surface area contributed by atoms with Crippen molar-refractivity contribution in [2.24, 2.45) is 5.73 Å². The maximum atomic E-state index is 14.4. The number of pyridine rings is 4. The van der Waals surface area contributed by atoms with Crippen LogP contribution in [0.5, 0.6) is 0 Å². The van der Waals surface area contributed by atoms with Crippen molar-refractivity contribution in [2.75, 3.05) is 0 Å². The van der Waals surface area contributed by atoms with Crippen LogP contribution in [0.15, 0.2) is 104 Å². The van der Waals surface area contributed by atoms with Gasteiger partial charge in [-0.15, -0.1) is 32.8 Å². The zero-order valence-corrected chi connectivity index (χ0v) is 40.3. The number of nitrogens with two attached hydrogens (primary N) is 1. The Bertz CT molecular complexity index is 3490. The van der Waals surface area contributed by atoms with Crippen molar-refractivity contribution in [3.8, 4) is 0 Å². The fraction of sp³-hybridized carbons (Fsp3) is 0.227. The van der Waals surface area contributed by atoms with Crippen LogP contribution in [0.4, 0.5) is 8.78 Å². The molecule has 10 aromatic rings. The quantitative estimate of drug-likeness (QED) is 0.177. The number of carbonyl (C=O) groups excluding carboxylic acids is 2. The van der Waals surface area contributed by atoms with Crippen molar-refractivity contribution in [3.63, 3.8) is 0 Å². The first-order valence-electron chi connectivity index (χ1n) is 20.9. The Balaban J connectivity index is 0.000000152. The molecule has 348 valence electrons. The van der Waals surface area contributed by atoms with E-state index in [9.17, 15) is 23.5 Å². The molecule has 0 aliphatic heterocycles. The minimum absolute atomic E-state index is 0. The van der Waals surface area contributed by atoms with E-state index >= 15 is 0 Å². The van der Waals surface area contributed by atoms with Gasteiger partial charge in [-0.2, -0.15) is 0 Å². The Morgan fingerprint density at radius 3 is 1.65 bits per heavy atom. The van der Waals surface area contributed by atoms with Crippen LogP contribution in [-0.4, -0.2) is 69.8 Å². The minimum Gasteiger partial charge on any atom is -0.540 e. The first-order valence-corrected chi connectivity index (χ1v) is 22.4. The largest absolute Gasteiger partial charge is 1.00 e. The molecule has 25 heteroatoms. The maximum Gasteiger partial charge on any atom is 1.00 e. The number of carboxylic acid groups (broad SMARTS) is 1. The third-order valence-electron chi connectivity index (χ3n) is 11.1. The van der Waals surface area contributed by atoms with Crippen LogP contribution in [0.2, 0.25) is 0 Å². The third-order valence-corrected chi connectivity index (χ3v) is 12.3. The second-order valence-electron chi connectivity index (χ2n) is 15.8. The van der Waals surface area contributed by atoms with Crippen molar-refractivity contribution in [2.45, 2.75) is 63.5 Å². The summed E-state index contributed by atoms with van der Waals surface area (Å²) in [5.74, 6) is -1.64. The van der Waals surface area contributed by atoms with Gasteiger partial charge in [0.15, 0.2) is 11.6 Å². The molecule has 19 nitrogen and oxygen atoms in total. The molecule has 2 aliphatic rings. The average molecular weight is 1080 g/mol. The van der Waals surface area contributed by atoms with Crippen LogP contribution < -0.4 is 35.0 Å². The summed E-state index contributed by atoms with van der Waals surface area (Å²) in [5.41, 5.74) is 12.9. The molecule has 10 heterocycles. The van der Waals surface area contributed by atoms with E-state index in [0.29, 0.717) is 50.5 Å². The fourth-order valence-corrected chi connectivity index (χ4v) is 8.04. The SMILES string of the molecule is Cl.NCc1ncn2ccc(Br)c(F)c12.O=C(NCc1ncn2ccc(Br)c(F)c12)c1nnc(Cc2cn3cc(C4CC4)ccc3n2)o1.O=C([O-])c1nnc(Cc2cn3cc(C4CC4)ccc3n2)o1.[Li+]. The smallest absolute Gasteiger partial charge is 0.540 e. The molecule has 0 saturated heterocycles. The predicted octanol–water partition coefficient (Wildman–Crippen LogP) is 3.33. The molecule has 69 heavy (non-hydrogen) atoms. The number of carbonyl (C=O) groups is 2. The topological polar surface area (TPSA) is 242 Å². The number of nitrogens with one attached hydrogen (secondary N) is 1. The monoisotopic (exact) mass is 1080 g/mol. The molecule has 1 amide bonds. The normalized spacial score (nSPS) is 13.1. The zero-order valence-electron chi connectivity index (χ0n) is 36.3. The van der Waals surface area contributed by atoms with Crippen LogP contribution in [0, 0.1) is 11.6 Å². The molecule has 2 aliphatic carbocycles. The van der Waals surface area contributed by atoms with Gasteiger partial charge in [0.25, 0.3) is 5.89 Å². The molecule has 0 unspecified atom stereocenters. The van der Waals surface area contributed by atoms with Gasteiger partial charge in [-0.25, -0.2) is 28.7 Å². The van der Waals surface area contributed by atoms with Gasteiger partial charge in [0.05, 0.1) is 63.8 Å². The number of hydrogen-bond acceptors (Lipinski definition) is 14. The van der Waals surface area contributed by atoms with Crippen molar-refractivity contribution in [1.29, 1.82) is 0 Å². The van der Waals surface area contributed by atoms with Crippen LogP contribution in [0.3, 0.4) is 0 Å². The molecule has 0 spiro atoms. The molecular formula is C44H36Br2ClF2LiN14O5. The summed E-state index contributed by atoms with van der Waals surface area (Å²) in [5, 5.41) is 28.1. The van der Waals surface area contributed by atoms with E-state index in [-0.39, 0.29) is 73.4 Å². The number of hydrogen-bond donors (Lipinski definition) is 2. The summed E-state index contributed by atoms with van der Waals surface area (Å²) in [6, 6.07) is 11.4. The minimum atomic E-state index is -1.47. The number of halogens is 5. The fourth-order valence-electron chi connectivity index (χ4n) is 7.43. The van der Waals surface area contributed by atoms with Gasteiger partial charge in [-0.1, -0.05) is 12.1 Å². The van der Waals surface area contributed by atoms with Gasteiger partial charge < -0.3 is 47.4 Å². The van der Waals surface area contributed by atoms with Crippen molar-refractivity contribution >= 4 is 78.5 Å². The van der Waals surface area contributed by atoms with Gasteiger partial charge >= 0.3 is 30.7 Å². The summed E-state index contributed by atoms with van der Waals surface area (Å²) in [6.45, 7) is 0.250. The Labute approximate surface area is 423 Å². The molecular weight excluding hydrogens is 1040 g/mol. The molecule has 3 N–H and O–H groups in total. The molecule has 2 saturated carbocycles. The van der Waals surface area contributed by atoms with E-state index in [2.05, 4.69) is 102 Å². The van der Waals surface area contributed by atoms with E-state index in [1.54, 1.807) is 39.7 Å². The van der Waals surface area contributed by atoms with Gasteiger partial charge in [0.1, 0.15) is 28.3 Å². The molecule has 0 bridgehead atoms. The maximum absolute atomic E-state index is 14.4. The van der Waals surface area contributed by atoms with Gasteiger partial charge in [-0.3, -0.25) is 4.79 Å². The number of carboxylic acids is 1. The molecule has 2 fully saturated rings. The van der Waals surface area contributed by atoms with Crippen LogP contribution in [0.25, 0.3) is 22.3 Å². The molecule has 0 atom stereocenters. The standard InChI is InChI=1S/C22H17BrFN7O2.C14H12N4O3.C8H7BrFN3.ClH.Li/c23-15-5-6-30-11-26-16(20(30)19(15)24)8-25-21(32)22-29-28-18(33-22)7-14-10-31-9-13(12-1-2-12)3-4-17(31)27-14;19-14(20)13-17-16-12(21-13)5-10-7-18-6-9(8-1-2-8)3-4-11(18)15-10;9-5-1-2-13-4-12-6(3-11)8(13)7(5)10;;/h3-6,9-12H,1-2,7-8H2,(H,25,32);3-4,6-8H,1-2,5H2,(H,19,20);1-2,4H,3,11H2;1H;/q;;;;+1/p-1. The number of aromatic nitrogens is 12. The van der Waals surface area contributed by atoms with E-state index in [0.717, 1.165) is 22.7 Å². The Kier molecular flexibility index (Phi) is 14.7. The van der Waals surface area contributed by atoms with Crippen LogP contribution >= 0.6 is 44.3 Å². The summed E-state index contributed by atoms with van der Waals surface area (Å²) in [6.07, 6.45) is 20.0. The third kappa shape index (κ3) is 10.8. The first-order chi connectivity index (χ1) is 32.5. The van der Waals surface area contributed by atoms with Crippen molar-refractivity contribution < 1.29 is 51.2 Å². The summed E-state index contributed by atoms with van der Waals surface area (Å²) in [7, 11) is 0. The average Bonchev–Trinajstić information content (AvgIpc) is 3.90. The number of aromatic carboxylic acids is 1. The number of nitrogens with zero attached hydrogens (tertiary/aromatic N) is 12. The zero-order chi connectivity index (χ0) is 46.3. The molecule has 0 radical (unpaired) electrons. The Morgan fingerprint density at radius 2 is 1.17 bits per heavy atom. The van der Waals surface area contributed by atoms with E-state index in [4.69, 9.17) is 14.6 Å². The van der Waals surface area contributed by atoms with E-state index in [1.807, 2.05) is 33.3 Å². The predicted molar refractivity (Wildman–Crippen MR) is 245 cm³/mol. The first kappa shape index (κ1) is 49.1. The van der Waals surface area contributed by atoms with Crippen molar-refractivity contribution in [1.82, 2.24) is 63.3 Å². The Hall–Kier alpha value is -6.35. The molecule has 10 aromatic heterocycles. The van der Waals surface area contributed by atoms with Crippen LogP contribution in [-0.2, 0) is 25.9 Å². The summed E-state index contributed by atoms with van der Waals surface area (Å²) in [4.78, 5) is 40.3. The number of imidazole rings is 4. The van der Waals surface area contributed by atoms with E-state index in [1.165, 1.54) is 43.1 Å². The van der Waals surface area contributed by atoms with Gasteiger partial charge in [-0.05, 0) is 105 Å². The summed E-state index contributed by atoms with van der Waals surface area (Å²) >= 11 is 6.27. The van der Waals surface area contributed by atoms with Gasteiger partial charge in [0.2, 0.25) is 11.8 Å². The Morgan fingerprint density at radius 1 is 0.696 bits per heavy atom. The second kappa shape index (κ2) is 20.7. The number of amides is 1. The van der Waals surface area contributed by atoms with Crippen molar-refractivity contribution in [3.05, 3.63) is 164 Å². The number of fused-ring (bicyclic) bond motifs is 4. The second-order valence-corrected chi connectivity index (χ2v) is 17.6. The van der Waals surface area contributed by atoms with Crippen LogP contribution in [0.1, 0.15) is 105 Å². The van der Waals surface area contributed by atoms with E-state index < -0.39 is 23.6 Å². The summed E-state index contributed by atoms with van der Waals surface area (Å²) < 4.78 is 46.3. The molecule has 12 rings (SSSR count). The molecule has 0 aromatic carbocycles. The van der Waals surface area contributed by atoms with Gasteiger partial charge in [0, 0.05) is 43.7 Å².